The number of aromatic nitrogens is 2. The molecule has 0 radical (unpaired) electrons. The summed E-state index contributed by atoms with van der Waals surface area (Å²) in [6.07, 6.45) is 0. The van der Waals surface area contributed by atoms with Crippen LogP contribution in [0.4, 0.5) is 0 Å². The van der Waals surface area contributed by atoms with Gasteiger partial charge in [0.25, 0.3) is 0 Å². The lowest BCUT2D eigenvalue weighted by Crippen LogP contribution is -1.99. The molecule has 21 heavy (non-hydrogen) atoms. The molecule has 1 aromatic heterocycles. The number of halogens is 2. The number of imidazole rings is 1. The molecule has 0 bridgehead atoms. The molecular formula is C15H10Cl2N2O2. The molecule has 0 aliphatic carbocycles. The van der Waals surface area contributed by atoms with Crippen LogP contribution in [0.1, 0.15) is 16.2 Å². The number of aromatic carboxylic acids is 1. The first kappa shape index (κ1) is 13.9. The molecule has 6 heteroatoms. The number of benzene rings is 2. The fourth-order valence-corrected chi connectivity index (χ4v) is 2.72. The second-order valence-electron chi connectivity index (χ2n) is 4.57. The highest BCUT2D eigenvalue weighted by Crippen LogP contribution is 2.30. The molecule has 0 spiro atoms. The molecule has 0 unspecified atom stereocenters. The zero-order valence-corrected chi connectivity index (χ0v) is 12.5. The first-order chi connectivity index (χ1) is 9.99. The number of fused-ring (bicyclic) bond motifs is 1. The maximum atomic E-state index is 11.3. The molecule has 0 atom stereocenters. The van der Waals surface area contributed by atoms with Crippen molar-refractivity contribution in [1.29, 1.82) is 0 Å². The van der Waals surface area contributed by atoms with Gasteiger partial charge in [0.05, 0.1) is 21.8 Å². The van der Waals surface area contributed by atoms with Crippen molar-refractivity contribution >= 4 is 40.2 Å². The number of carbonyl (C=O) groups is 1. The van der Waals surface area contributed by atoms with Gasteiger partial charge in [-0.15, -0.1) is 0 Å². The molecule has 0 amide bonds. The van der Waals surface area contributed by atoms with Gasteiger partial charge in [-0.05, 0) is 37.3 Å². The smallest absolute Gasteiger partial charge is 0.337 e. The molecule has 1 heterocycles. The minimum Gasteiger partial charge on any atom is -0.478 e. The number of carboxylic acid groups (broad SMARTS) is 1. The van der Waals surface area contributed by atoms with Gasteiger partial charge in [0.15, 0.2) is 0 Å². The van der Waals surface area contributed by atoms with E-state index >= 15 is 0 Å². The van der Waals surface area contributed by atoms with Crippen molar-refractivity contribution in [2.75, 3.05) is 0 Å². The summed E-state index contributed by atoms with van der Waals surface area (Å²) in [5, 5.41) is 10.3. The minimum absolute atomic E-state index is 0.160. The standard InChI is InChI=1S/C15H10Cl2N2O2/c1-8-18-14-10(15(20)21)3-2-4-12(14)19(8)13-7-9(16)5-6-11(13)17/h2-7H,1H3,(H,20,21). The van der Waals surface area contributed by atoms with Crippen LogP contribution in [0.3, 0.4) is 0 Å². The monoisotopic (exact) mass is 320 g/mol. The Morgan fingerprint density at radius 1 is 1.24 bits per heavy atom. The maximum absolute atomic E-state index is 11.3. The number of aryl methyl sites for hydroxylation is 1. The van der Waals surface area contributed by atoms with E-state index in [1.807, 2.05) is 0 Å². The Morgan fingerprint density at radius 2 is 2.00 bits per heavy atom. The summed E-state index contributed by atoms with van der Waals surface area (Å²) in [6.45, 7) is 1.79. The molecule has 1 N–H and O–H groups in total. The van der Waals surface area contributed by atoms with Crippen LogP contribution in [-0.2, 0) is 0 Å². The first-order valence-electron chi connectivity index (χ1n) is 6.16. The Morgan fingerprint density at radius 3 is 2.71 bits per heavy atom. The lowest BCUT2D eigenvalue weighted by atomic mass is 10.2. The summed E-state index contributed by atoms with van der Waals surface area (Å²) in [5.74, 6) is -0.370. The molecular weight excluding hydrogens is 311 g/mol. The van der Waals surface area contributed by atoms with Crippen molar-refractivity contribution in [3.63, 3.8) is 0 Å². The Hall–Kier alpha value is -2.04. The van der Waals surface area contributed by atoms with Gasteiger partial charge in [0.1, 0.15) is 11.3 Å². The highest BCUT2D eigenvalue weighted by molar-refractivity contribution is 6.34. The van der Waals surface area contributed by atoms with Crippen molar-refractivity contribution in [3.8, 4) is 5.69 Å². The fourth-order valence-electron chi connectivity index (χ4n) is 2.35. The van der Waals surface area contributed by atoms with Gasteiger partial charge >= 0.3 is 5.97 Å². The zero-order valence-electron chi connectivity index (χ0n) is 11.0. The molecule has 0 fully saturated rings. The average molecular weight is 321 g/mol. The molecule has 0 saturated heterocycles. The van der Waals surface area contributed by atoms with E-state index in [0.717, 1.165) is 0 Å². The summed E-state index contributed by atoms with van der Waals surface area (Å²) in [6, 6.07) is 10.1. The molecule has 4 nitrogen and oxygen atoms in total. The van der Waals surface area contributed by atoms with E-state index in [1.54, 1.807) is 41.8 Å². The van der Waals surface area contributed by atoms with E-state index in [4.69, 9.17) is 23.2 Å². The topological polar surface area (TPSA) is 55.1 Å². The van der Waals surface area contributed by atoms with E-state index in [1.165, 1.54) is 6.07 Å². The Kier molecular flexibility index (Phi) is 3.35. The maximum Gasteiger partial charge on any atom is 0.337 e. The van der Waals surface area contributed by atoms with Crippen molar-refractivity contribution in [2.24, 2.45) is 0 Å². The zero-order chi connectivity index (χ0) is 15.1. The van der Waals surface area contributed by atoms with Crippen LogP contribution in [0.15, 0.2) is 36.4 Å². The Bertz CT molecular complexity index is 871. The molecule has 106 valence electrons. The van der Waals surface area contributed by atoms with Crippen LogP contribution in [0.2, 0.25) is 10.0 Å². The number of carboxylic acids is 1. The Labute approximate surface area is 130 Å². The second kappa shape index (κ2) is 5.06. The van der Waals surface area contributed by atoms with Gasteiger partial charge < -0.3 is 5.11 Å². The van der Waals surface area contributed by atoms with Crippen LogP contribution < -0.4 is 0 Å². The average Bonchev–Trinajstić information content (AvgIpc) is 2.77. The van der Waals surface area contributed by atoms with E-state index in [-0.39, 0.29) is 5.56 Å². The van der Waals surface area contributed by atoms with E-state index in [0.29, 0.717) is 32.6 Å². The van der Waals surface area contributed by atoms with Gasteiger partial charge in [-0.2, -0.15) is 0 Å². The predicted molar refractivity (Wildman–Crippen MR) is 82.8 cm³/mol. The van der Waals surface area contributed by atoms with Gasteiger partial charge in [-0.3, -0.25) is 4.57 Å². The summed E-state index contributed by atoms with van der Waals surface area (Å²) in [5.41, 5.74) is 1.94. The van der Waals surface area contributed by atoms with Crippen LogP contribution in [0.25, 0.3) is 16.7 Å². The van der Waals surface area contributed by atoms with E-state index < -0.39 is 5.97 Å². The molecule has 0 saturated carbocycles. The van der Waals surface area contributed by atoms with Crippen molar-refractivity contribution < 1.29 is 9.90 Å². The quantitative estimate of drug-likeness (QED) is 0.764. The molecule has 3 rings (SSSR count). The second-order valence-corrected chi connectivity index (χ2v) is 5.41. The highest BCUT2D eigenvalue weighted by atomic mass is 35.5. The minimum atomic E-state index is -1.01. The summed E-state index contributed by atoms with van der Waals surface area (Å²) >= 11 is 12.3. The number of nitrogens with zero attached hydrogens (tertiary/aromatic N) is 2. The van der Waals surface area contributed by atoms with E-state index in [9.17, 15) is 9.90 Å². The predicted octanol–water partition coefficient (Wildman–Crippen LogP) is 4.34. The largest absolute Gasteiger partial charge is 0.478 e. The van der Waals surface area contributed by atoms with Crippen LogP contribution in [-0.4, -0.2) is 20.6 Å². The summed E-state index contributed by atoms with van der Waals surface area (Å²) in [4.78, 5) is 15.7. The number of para-hydroxylation sites is 1. The SMILES string of the molecule is Cc1nc2c(C(=O)O)cccc2n1-c1cc(Cl)ccc1Cl. The fraction of sp³-hybridized carbons (Fsp3) is 0.0667. The number of hydrogen-bond acceptors (Lipinski definition) is 2. The number of hydrogen-bond donors (Lipinski definition) is 1. The van der Waals surface area contributed by atoms with Crippen molar-refractivity contribution in [3.05, 3.63) is 57.8 Å². The van der Waals surface area contributed by atoms with Gasteiger partial charge in [-0.25, -0.2) is 9.78 Å². The van der Waals surface area contributed by atoms with Gasteiger partial charge in [0, 0.05) is 5.02 Å². The van der Waals surface area contributed by atoms with Crippen molar-refractivity contribution in [2.45, 2.75) is 6.92 Å². The summed E-state index contributed by atoms with van der Waals surface area (Å²) < 4.78 is 1.80. The highest BCUT2D eigenvalue weighted by Gasteiger charge is 2.17. The van der Waals surface area contributed by atoms with Crippen molar-refractivity contribution in [1.82, 2.24) is 9.55 Å². The normalized spacial score (nSPS) is 11.0. The third-order valence-corrected chi connectivity index (χ3v) is 3.79. The lowest BCUT2D eigenvalue weighted by molar-refractivity contribution is 0.0699. The molecule has 0 aliphatic heterocycles. The Balaban J connectivity index is 2.38. The summed E-state index contributed by atoms with van der Waals surface area (Å²) in [7, 11) is 0. The molecule has 0 aliphatic rings. The molecule has 3 aromatic rings. The first-order valence-corrected chi connectivity index (χ1v) is 6.91. The van der Waals surface area contributed by atoms with Crippen LogP contribution in [0.5, 0.6) is 0 Å². The third kappa shape index (κ3) is 2.26. The lowest BCUT2D eigenvalue weighted by Gasteiger charge is -2.09. The van der Waals surface area contributed by atoms with Crippen LogP contribution in [0, 0.1) is 6.92 Å². The third-order valence-electron chi connectivity index (χ3n) is 3.23. The van der Waals surface area contributed by atoms with E-state index in [2.05, 4.69) is 4.98 Å². The van der Waals surface area contributed by atoms with Gasteiger partial charge in [0.2, 0.25) is 0 Å². The van der Waals surface area contributed by atoms with Crippen LogP contribution >= 0.6 is 23.2 Å². The molecule has 2 aromatic carbocycles. The number of rotatable bonds is 2. The van der Waals surface area contributed by atoms with Gasteiger partial charge in [-0.1, -0.05) is 29.3 Å².